The van der Waals surface area contributed by atoms with E-state index < -0.39 is 0 Å². The average molecular weight is 270 g/mol. The first-order chi connectivity index (χ1) is 9.06. The Morgan fingerprint density at radius 2 is 1.84 bits per heavy atom. The third kappa shape index (κ3) is 6.24. The third-order valence-electron chi connectivity index (χ3n) is 4.65. The lowest BCUT2D eigenvalue weighted by Gasteiger charge is -2.36. The third-order valence-corrected chi connectivity index (χ3v) is 4.65. The minimum Gasteiger partial charge on any atom is -0.393 e. The Balaban J connectivity index is 2.35. The molecule has 3 nitrogen and oxygen atoms in total. The number of aliphatic hydroxyl groups excluding tert-OH is 1. The Morgan fingerprint density at radius 3 is 2.42 bits per heavy atom. The summed E-state index contributed by atoms with van der Waals surface area (Å²) >= 11 is 0. The molecule has 3 heteroatoms. The Bertz CT molecular complexity index is 233. The van der Waals surface area contributed by atoms with Crippen LogP contribution in [0.15, 0.2) is 0 Å². The molecule has 0 saturated heterocycles. The van der Waals surface area contributed by atoms with E-state index in [4.69, 9.17) is 0 Å². The maximum atomic E-state index is 10.2. The van der Waals surface area contributed by atoms with E-state index in [-0.39, 0.29) is 6.10 Å². The molecule has 3 unspecified atom stereocenters. The zero-order chi connectivity index (χ0) is 14.3. The highest BCUT2D eigenvalue weighted by Crippen LogP contribution is 2.31. The minimum absolute atomic E-state index is 0.0642. The molecular formula is C16H34N2O. The Labute approximate surface area is 120 Å². The van der Waals surface area contributed by atoms with Crippen molar-refractivity contribution in [3.63, 3.8) is 0 Å². The Hall–Kier alpha value is -0.120. The summed E-state index contributed by atoms with van der Waals surface area (Å²) in [4.78, 5) is 4.77. The van der Waals surface area contributed by atoms with Gasteiger partial charge in [-0.15, -0.1) is 0 Å². The predicted molar refractivity (Wildman–Crippen MR) is 82.4 cm³/mol. The summed E-state index contributed by atoms with van der Waals surface area (Å²) in [5, 5.41) is 10.2. The molecule has 1 aliphatic carbocycles. The van der Waals surface area contributed by atoms with Gasteiger partial charge in [0.15, 0.2) is 0 Å². The van der Waals surface area contributed by atoms with Crippen LogP contribution in [0.3, 0.4) is 0 Å². The molecular weight excluding hydrogens is 236 g/mol. The normalized spacial score (nSPS) is 28.3. The molecule has 0 heterocycles. The van der Waals surface area contributed by atoms with Crippen molar-refractivity contribution in [2.45, 2.75) is 52.1 Å². The molecule has 0 spiro atoms. The first kappa shape index (κ1) is 16.9. The highest BCUT2D eigenvalue weighted by Gasteiger charge is 2.29. The standard InChI is InChI=1S/C16H34N2O/c1-5-14-8-9-16(19)15(12-14)13-18(6-2)11-7-10-17(3)4/h14-16,19H,5-13H2,1-4H3. The van der Waals surface area contributed by atoms with Crippen LogP contribution in [0.2, 0.25) is 0 Å². The van der Waals surface area contributed by atoms with Crippen LogP contribution in [0.4, 0.5) is 0 Å². The summed E-state index contributed by atoms with van der Waals surface area (Å²) in [5.74, 6) is 1.34. The van der Waals surface area contributed by atoms with Crippen molar-refractivity contribution in [1.29, 1.82) is 0 Å². The molecule has 1 N–H and O–H groups in total. The van der Waals surface area contributed by atoms with Crippen LogP contribution >= 0.6 is 0 Å². The van der Waals surface area contributed by atoms with E-state index in [1.54, 1.807) is 0 Å². The monoisotopic (exact) mass is 270 g/mol. The first-order valence-electron chi connectivity index (χ1n) is 8.11. The largest absolute Gasteiger partial charge is 0.393 e. The molecule has 0 radical (unpaired) electrons. The fraction of sp³-hybridized carbons (Fsp3) is 1.00. The van der Waals surface area contributed by atoms with Gasteiger partial charge in [0.05, 0.1) is 6.10 Å². The lowest BCUT2D eigenvalue weighted by molar-refractivity contribution is 0.0271. The van der Waals surface area contributed by atoms with Gasteiger partial charge in [-0.1, -0.05) is 20.3 Å². The van der Waals surface area contributed by atoms with Crippen molar-refractivity contribution in [3.8, 4) is 0 Å². The maximum Gasteiger partial charge on any atom is 0.0580 e. The second-order valence-electron chi connectivity index (χ2n) is 6.46. The van der Waals surface area contributed by atoms with Crippen molar-refractivity contribution in [3.05, 3.63) is 0 Å². The van der Waals surface area contributed by atoms with Gasteiger partial charge >= 0.3 is 0 Å². The van der Waals surface area contributed by atoms with Crippen LogP contribution < -0.4 is 0 Å². The molecule has 0 amide bonds. The molecule has 114 valence electrons. The number of rotatable bonds is 8. The molecule has 19 heavy (non-hydrogen) atoms. The molecule has 0 bridgehead atoms. The maximum absolute atomic E-state index is 10.2. The van der Waals surface area contributed by atoms with E-state index in [1.165, 1.54) is 25.7 Å². The van der Waals surface area contributed by atoms with Gasteiger partial charge in [-0.3, -0.25) is 0 Å². The highest BCUT2D eigenvalue weighted by molar-refractivity contribution is 4.81. The first-order valence-corrected chi connectivity index (χ1v) is 8.11. The van der Waals surface area contributed by atoms with Crippen molar-refractivity contribution < 1.29 is 5.11 Å². The summed E-state index contributed by atoms with van der Waals surface area (Å²) in [6.07, 6.45) is 5.89. The van der Waals surface area contributed by atoms with Crippen LogP contribution in [-0.2, 0) is 0 Å². The summed E-state index contributed by atoms with van der Waals surface area (Å²) in [5.41, 5.74) is 0. The molecule has 0 aliphatic heterocycles. The van der Waals surface area contributed by atoms with E-state index >= 15 is 0 Å². The van der Waals surface area contributed by atoms with E-state index in [0.717, 1.165) is 38.5 Å². The van der Waals surface area contributed by atoms with E-state index in [0.29, 0.717) is 5.92 Å². The number of nitrogens with zero attached hydrogens (tertiary/aromatic N) is 2. The van der Waals surface area contributed by atoms with Crippen LogP contribution in [0.1, 0.15) is 46.0 Å². The zero-order valence-electron chi connectivity index (χ0n) is 13.4. The molecule has 1 fully saturated rings. The highest BCUT2D eigenvalue weighted by atomic mass is 16.3. The van der Waals surface area contributed by atoms with Gasteiger partial charge in [0, 0.05) is 6.54 Å². The van der Waals surface area contributed by atoms with Gasteiger partial charge in [0.2, 0.25) is 0 Å². The quantitative estimate of drug-likeness (QED) is 0.734. The van der Waals surface area contributed by atoms with Gasteiger partial charge in [-0.2, -0.15) is 0 Å². The van der Waals surface area contributed by atoms with Crippen molar-refractivity contribution in [2.75, 3.05) is 40.3 Å². The second-order valence-corrected chi connectivity index (χ2v) is 6.46. The van der Waals surface area contributed by atoms with Gasteiger partial charge in [-0.05, 0) is 71.2 Å². The number of hydrogen-bond acceptors (Lipinski definition) is 3. The summed E-state index contributed by atoms with van der Waals surface area (Å²) in [7, 11) is 4.26. The fourth-order valence-electron chi connectivity index (χ4n) is 3.23. The number of hydrogen-bond donors (Lipinski definition) is 1. The van der Waals surface area contributed by atoms with Crippen molar-refractivity contribution in [1.82, 2.24) is 9.80 Å². The summed E-state index contributed by atoms with van der Waals surface area (Å²) in [6, 6.07) is 0. The summed E-state index contributed by atoms with van der Waals surface area (Å²) < 4.78 is 0. The lowest BCUT2D eigenvalue weighted by atomic mass is 9.78. The number of aliphatic hydroxyl groups is 1. The Morgan fingerprint density at radius 1 is 1.11 bits per heavy atom. The van der Waals surface area contributed by atoms with Crippen LogP contribution in [0.25, 0.3) is 0 Å². The van der Waals surface area contributed by atoms with Crippen molar-refractivity contribution >= 4 is 0 Å². The molecule has 1 aliphatic rings. The van der Waals surface area contributed by atoms with Crippen molar-refractivity contribution in [2.24, 2.45) is 11.8 Å². The zero-order valence-corrected chi connectivity index (χ0v) is 13.4. The van der Waals surface area contributed by atoms with Crippen LogP contribution in [0, 0.1) is 11.8 Å². The Kier molecular flexibility index (Phi) is 7.96. The fourth-order valence-corrected chi connectivity index (χ4v) is 3.23. The SMILES string of the molecule is CCC1CCC(O)C(CN(CC)CCCN(C)C)C1. The lowest BCUT2D eigenvalue weighted by Crippen LogP contribution is -2.39. The summed E-state index contributed by atoms with van der Waals surface area (Å²) in [6.45, 7) is 9.03. The van der Waals surface area contributed by atoms with Gasteiger partial charge < -0.3 is 14.9 Å². The molecule has 0 aromatic carbocycles. The average Bonchev–Trinajstić information content (AvgIpc) is 2.39. The topological polar surface area (TPSA) is 26.7 Å². The molecule has 1 saturated carbocycles. The van der Waals surface area contributed by atoms with Crippen LogP contribution in [0.5, 0.6) is 0 Å². The van der Waals surface area contributed by atoms with Gasteiger partial charge in [-0.25, -0.2) is 0 Å². The van der Waals surface area contributed by atoms with E-state index in [2.05, 4.69) is 37.7 Å². The van der Waals surface area contributed by atoms with E-state index in [9.17, 15) is 5.11 Å². The molecule has 0 aromatic heterocycles. The second kappa shape index (κ2) is 8.93. The van der Waals surface area contributed by atoms with Crippen LogP contribution in [-0.4, -0.2) is 61.3 Å². The minimum atomic E-state index is -0.0642. The van der Waals surface area contributed by atoms with E-state index in [1.807, 2.05) is 0 Å². The van der Waals surface area contributed by atoms with Gasteiger partial charge in [0.1, 0.15) is 0 Å². The molecule has 3 atom stereocenters. The predicted octanol–water partition coefficient (Wildman–Crippen LogP) is 2.45. The molecule has 0 aromatic rings. The molecule has 1 rings (SSSR count). The van der Waals surface area contributed by atoms with Gasteiger partial charge in [0.25, 0.3) is 0 Å². The smallest absolute Gasteiger partial charge is 0.0580 e.